The highest BCUT2D eigenvalue weighted by Crippen LogP contribution is 2.25. The summed E-state index contributed by atoms with van der Waals surface area (Å²) in [6.07, 6.45) is 1.75. The van der Waals surface area contributed by atoms with Crippen LogP contribution in [0.4, 0.5) is 0 Å². The highest BCUT2D eigenvalue weighted by atomic mass is 16.5. The van der Waals surface area contributed by atoms with Crippen LogP contribution in [-0.2, 0) is 16.8 Å². The van der Waals surface area contributed by atoms with Crippen molar-refractivity contribution in [1.82, 2.24) is 20.5 Å². The number of aromatic nitrogens is 3. The van der Waals surface area contributed by atoms with Gasteiger partial charge in [-0.25, -0.2) is 4.98 Å². The van der Waals surface area contributed by atoms with Crippen molar-refractivity contribution in [1.29, 1.82) is 0 Å². The number of carbonyl (C=O) groups is 1. The summed E-state index contributed by atoms with van der Waals surface area (Å²) in [6.45, 7) is 7.58. The summed E-state index contributed by atoms with van der Waals surface area (Å²) in [7, 11) is 0. The Morgan fingerprint density at radius 2 is 2.00 bits per heavy atom. The quantitative estimate of drug-likeness (QED) is 0.904. The molecule has 1 atom stereocenters. The monoisotopic (exact) mass is 328 g/mol. The van der Waals surface area contributed by atoms with Gasteiger partial charge >= 0.3 is 0 Å². The second kappa shape index (κ2) is 6.63. The van der Waals surface area contributed by atoms with Crippen molar-refractivity contribution in [3.63, 3.8) is 0 Å². The Labute approximate surface area is 142 Å². The molecule has 1 amide bonds. The third-order valence-corrected chi connectivity index (χ3v) is 4.24. The van der Waals surface area contributed by atoms with Gasteiger partial charge in [-0.3, -0.25) is 9.89 Å². The lowest BCUT2D eigenvalue weighted by molar-refractivity contribution is -0.124. The van der Waals surface area contributed by atoms with Crippen LogP contribution in [0.1, 0.15) is 56.7 Å². The molecule has 0 spiro atoms. The smallest absolute Gasteiger partial charge is 0.230 e. The number of carbonyl (C=O) groups excluding carboxylic acids is 1. The molecule has 24 heavy (non-hydrogen) atoms. The number of hydrogen-bond donors (Lipinski definition) is 2. The van der Waals surface area contributed by atoms with Gasteiger partial charge in [-0.1, -0.05) is 32.9 Å². The van der Waals surface area contributed by atoms with Crippen molar-refractivity contribution in [2.24, 2.45) is 0 Å². The molecule has 0 saturated carbocycles. The number of aromatic amines is 1. The number of nitrogens with zero attached hydrogens (tertiary/aromatic N) is 2. The molecule has 0 radical (unpaired) electrons. The third kappa shape index (κ3) is 3.75. The fraction of sp³-hybridized carbons (Fsp3) is 0.500. The standard InChI is InChI=1S/C18H24N4O2/c1-18(2,3)12-6-8-13(9-7-12)24-11-15-20-16(22-21-15)14-5-4-10-19-17(14)23/h6-9,14H,4-5,10-11H2,1-3H3,(H,19,23)(H,20,21,22). The van der Waals surface area contributed by atoms with Crippen LogP contribution < -0.4 is 10.1 Å². The molecule has 3 rings (SSSR count). The zero-order chi connectivity index (χ0) is 17.2. The van der Waals surface area contributed by atoms with Crippen molar-refractivity contribution in [2.75, 3.05) is 6.54 Å². The van der Waals surface area contributed by atoms with E-state index in [1.165, 1.54) is 5.56 Å². The fourth-order valence-electron chi connectivity index (χ4n) is 2.75. The minimum Gasteiger partial charge on any atom is -0.486 e. The van der Waals surface area contributed by atoms with Gasteiger partial charge in [-0.15, -0.1) is 0 Å². The molecule has 128 valence electrons. The molecule has 1 aliphatic rings. The van der Waals surface area contributed by atoms with E-state index in [4.69, 9.17) is 4.74 Å². The molecule has 1 aliphatic heterocycles. The van der Waals surface area contributed by atoms with Crippen LogP contribution in [0.3, 0.4) is 0 Å². The molecule has 6 heteroatoms. The summed E-state index contributed by atoms with van der Waals surface area (Å²) in [5, 5.41) is 9.89. The van der Waals surface area contributed by atoms with Crippen LogP contribution in [0.2, 0.25) is 0 Å². The Morgan fingerprint density at radius 3 is 2.67 bits per heavy atom. The normalized spacial score (nSPS) is 18.3. The minimum atomic E-state index is -0.255. The lowest BCUT2D eigenvalue weighted by atomic mass is 9.87. The van der Waals surface area contributed by atoms with Crippen LogP contribution in [0.15, 0.2) is 24.3 Å². The first-order valence-electron chi connectivity index (χ1n) is 8.36. The van der Waals surface area contributed by atoms with E-state index in [0.29, 0.717) is 18.3 Å². The molecule has 2 aromatic rings. The van der Waals surface area contributed by atoms with Gasteiger partial charge in [0.2, 0.25) is 5.91 Å². The first-order valence-corrected chi connectivity index (χ1v) is 8.36. The summed E-state index contributed by atoms with van der Waals surface area (Å²) in [6, 6.07) is 8.08. The van der Waals surface area contributed by atoms with Gasteiger partial charge in [0.15, 0.2) is 11.6 Å². The first kappa shape index (κ1) is 16.5. The number of amides is 1. The van der Waals surface area contributed by atoms with Gasteiger partial charge in [0.1, 0.15) is 12.4 Å². The van der Waals surface area contributed by atoms with Crippen molar-refractivity contribution < 1.29 is 9.53 Å². The fourth-order valence-corrected chi connectivity index (χ4v) is 2.75. The molecule has 2 heterocycles. The predicted molar refractivity (Wildman–Crippen MR) is 90.8 cm³/mol. The summed E-state index contributed by atoms with van der Waals surface area (Å²) < 4.78 is 5.75. The largest absolute Gasteiger partial charge is 0.486 e. The Hall–Kier alpha value is -2.37. The average molecular weight is 328 g/mol. The summed E-state index contributed by atoms with van der Waals surface area (Å²) in [4.78, 5) is 16.3. The highest BCUT2D eigenvalue weighted by molar-refractivity contribution is 5.83. The second-order valence-corrected chi connectivity index (χ2v) is 7.19. The zero-order valence-electron chi connectivity index (χ0n) is 14.4. The zero-order valence-corrected chi connectivity index (χ0v) is 14.4. The lowest BCUT2D eigenvalue weighted by Gasteiger charge is -2.19. The Morgan fingerprint density at radius 1 is 1.25 bits per heavy atom. The highest BCUT2D eigenvalue weighted by Gasteiger charge is 2.27. The maximum atomic E-state index is 11.9. The number of benzene rings is 1. The van der Waals surface area contributed by atoms with Crippen LogP contribution in [0.25, 0.3) is 0 Å². The van der Waals surface area contributed by atoms with E-state index in [1.54, 1.807) is 0 Å². The van der Waals surface area contributed by atoms with E-state index in [1.807, 2.05) is 12.1 Å². The van der Waals surface area contributed by atoms with Crippen molar-refractivity contribution in [3.05, 3.63) is 41.5 Å². The molecular weight excluding hydrogens is 304 g/mol. The number of hydrogen-bond acceptors (Lipinski definition) is 4. The lowest BCUT2D eigenvalue weighted by Crippen LogP contribution is -2.35. The number of ether oxygens (including phenoxy) is 1. The van der Waals surface area contributed by atoms with Crippen molar-refractivity contribution in [3.8, 4) is 5.75 Å². The van der Waals surface area contributed by atoms with Crippen LogP contribution in [0, 0.1) is 0 Å². The Balaban J connectivity index is 1.60. The summed E-state index contributed by atoms with van der Waals surface area (Å²) >= 11 is 0. The van der Waals surface area contributed by atoms with E-state index in [9.17, 15) is 4.79 Å². The first-order chi connectivity index (χ1) is 11.4. The minimum absolute atomic E-state index is 0.00508. The molecule has 1 aromatic heterocycles. The number of rotatable bonds is 4. The number of piperidine rings is 1. The molecule has 6 nitrogen and oxygen atoms in total. The van der Waals surface area contributed by atoms with Gasteiger partial charge in [-0.05, 0) is 36.0 Å². The molecule has 0 bridgehead atoms. The topological polar surface area (TPSA) is 79.9 Å². The molecule has 1 fully saturated rings. The third-order valence-electron chi connectivity index (χ3n) is 4.24. The summed E-state index contributed by atoms with van der Waals surface area (Å²) in [5.41, 5.74) is 1.39. The van der Waals surface area contributed by atoms with E-state index in [2.05, 4.69) is 53.4 Å². The SMILES string of the molecule is CC(C)(C)c1ccc(OCc2nc(C3CCCNC3=O)n[nH]2)cc1. The van der Waals surface area contributed by atoms with Gasteiger partial charge in [-0.2, -0.15) is 5.10 Å². The maximum absolute atomic E-state index is 11.9. The van der Waals surface area contributed by atoms with E-state index in [0.717, 1.165) is 25.1 Å². The van der Waals surface area contributed by atoms with Crippen molar-refractivity contribution in [2.45, 2.75) is 51.6 Å². The predicted octanol–water partition coefficient (Wildman–Crippen LogP) is 2.67. The molecule has 1 saturated heterocycles. The van der Waals surface area contributed by atoms with E-state index < -0.39 is 0 Å². The van der Waals surface area contributed by atoms with Gasteiger partial charge in [0.05, 0.1) is 5.92 Å². The Kier molecular flexibility index (Phi) is 4.55. The number of nitrogens with one attached hydrogen (secondary N) is 2. The Bertz CT molecular complexity index is 701. The van der Waals surface area contributed by atoms with Gasteiger partial charge < -0.3 is 10.1 Å². The molecular formula is C18H24N4O2. The molecule has 1 unspecified atom stereocenters. The summed E-state index contributed by atoms with van der Waals surface area (Å²) in [5.74, 6) is 1.72. The average Bonchev–Trinajstić information content (AvgIpc) is 3.02. The van der Waals surface area contributed by atoms with Gasteiger partial charge in [0, 0.05) is 6.54 Å². The van der Waals surface area contributed by atoms with Crippen LogP contribution in [0.5, 0.6) is 5.75 Å². The van der Waals surface area contributed by atoms with Gasteiger partial charge in [0.25, 0.3) is 0 Å². The van der Waals surface area contributed by atoms with Crippen LogP contribution >= 0.6 is 0 Å². The van der Waals surface area contributed by atoms with Crippen LogP contribution in [-0.4, -0.2) is 27.6 Å². The van der Waals surface area contributed by atoms with E-state index in [-0.39, 0.29) is 17.2 Å². The molecule has 1 aromatic carbocycles. The molecule has 0 aliphatic carbocycles. The van der Waals surface area contributed by atoms with E-state index >= 15 is 0 Å². The second-order valence-electron chi connectivity index (χ2n) is 7.19. The maximum Gasteiger partial charge on any atom is 0.230 e. The number of H-pyrrole nitrogens is 1. The molecule has 2 N–H and O–H groups in total. The van der Waals surface area contributed by atoms with Crippen molar-refractivity contribution >= 4 is 5.91 Å².